The van der Waals surface area contributed by atoms with Crippen molar-refractivity contribution in [3.8, 4) is 0 Å². The molecule has 1 heterocycles. The molecule has 2 N–H and O–H groups in total. The van der Waals surface area contributed by atoms with Crippen LogP contribution in [-0.4, -0.2) is 55.9 Å². The lowest BCUT2D eigenvalue weighted by Crippen LogP contribution is -2.80. The molecule has 2 rings (SSSR count). The van der Waals surface area contributed by atoms with Crippen molar-refractivity contribution in [1.29, 1.82) is 0 Å². The van der Waals surface area contributed by atoms with E-state index < -0.39 is 5.54 Å². The van der Waals surface area contributed by atoms with E-state index in [0.29, 0.717) is 25.7 Å². The standard InChI is InChI=1S/C16H30N2O3/c1-11(2)10-18(7-9-20-5)14(19)16(17)12-6-8-21-13(12)15(16,3)4/h11-13H,6-10,17H2,1-5H3. The Morgan fingerprint density at radius 1 is 1.48 bits per heavy atom. The molecular formula is C16H30N2O3. The summed E-state index contributed by atoms with van der Waals surface area (Å²) in [5.74, 6) is 0.621. The molecule has 1 saturated heterocycles. The summed E-state index contributed by atoms with van der Waals surface area (Å²) in [7, 11) is 1.66. The average molecular weight is 298 g/mol. The molecule has 0 spiro atoms. The fourth-order valence-corrected chi connectivity index (χ4v) is 4.00. The first kappa shape index (κ1) is 16.7. The van der Waals surface area contributed by atoms with Gasteiger partial charge in [0.25, 0.3) is 0 Å². The minimum atomic E-state index is -0.809. The Hall–Kier alpha value is -0.650. The van der Waals surface area contributed by atoms with E-state index in [1.807, 2.05) is 4.90 Å². The van der Waals surface area contributed by atoms with Crippen LogP contribution < -0.4 is 5.73 Å². The summed E-state index contributed by atoms with van der Waals surface area (Å²) in [5, 5.41) is 0. The first-order valence-electron chi connectivity index (χ1n) is 7.95. The molecule has 1 amide bonds. The largest absolute Gasteiger partial charge is 0.383 e. The van der Waals surface area contributed by atoms with Gasteiger partial charge in [0.15, 0.2) is 0 Å². The summed E-state index contributed by atoms with van der Waals surface area (Å²) in [6.07, 6.45) is 1.01. The predicted octanol–water partition coefficient (Wildman–Crippen LogP) is 1.26. The van der Waals surface area contributed by atoms with Crippen LogP contribution in [0.15, 0.2) is 0 Å². The molecule has 5 nitrogen and oxygen atoms in total. The van der Waals surface area contributed by atoms with Crippen molar-refractivity contribution in [2.45, 2.75) is 45.8 Å². The van der Waals surface area contributed by atoms with E-state index in [1.165, 1.54) is 0 Å². The van der Waals surface area contributed by atoms with Crippen LogP contribution in [0.4, 0.5) is 0 Å². The molecule has 1 saturated carbocycles. The van der Waals surface area contributed by atoms with Crippen LogP contribution in [0.2, 0.25) is 0 Å². The summed E-state index contributed by atoms with van der Waals surface area (Å²) < 4.78 is 10.9. The van der Waals surface area contributed by atoms with Gasteiger partial charge in [-0.2, -0.15) is 0 Å². The number of nitrogens with zero attached hydrogens (tertiary/aromatic N) is 1. The number of hydrogen-bond donors (Lipinski definition) is 1. The lowest BCUT2D eigenvalue weighted by Gasteiger charge is -2.61. The van der Waals surface area contributed by atoms with Gasteiger partial charge in [-0.05, 0) is 12.3 Å². The maximum Gasteiger partial charge on any atom is 0.243 e. The van der Waals surface area contributed by atoms with E-state index >= 15 is 0 Å². The second kappa shape index (κ2) is 5.86. The lowest BCUT2D eigenvalue weighted by molar-refractivity contribution is -0.185. The normalized spacial score (nSPS) is 33.7. The molecule has 0 aromatic rings. The topological polar surface area (TPSA) is 64.8 Å². The van der Waals surface area contributed by atoms with E-state index in [2.05, 4.69) is 27.7 Å². The van der Waals surface area contributed by atoms with Crippen LogP contribution >= 0.6 is 0 Å². The number of nitrogens with two attached hydrogens (primary N) is 1. The van der Waals surface area contributed by atoms with Gasteiger partial charge in [-0.25, -0.2) is 0 Å². The molecule has 3 unspecified atom stereocenters. The van der Waals surface area contributed by atoms with E-state index in [9.17, 15) is 4.79 Å². The fraction of sp³-hybridized carbons (Fsp3) is 0.938. The van der Waals surface area contributed by atoms with Gasteiger partial charge in [0.05, 0.1) is 12.7 Å². The van der Waals surface area contributed by atoms with Crippen LogP contribution in [0.3, 0.4) is 0 Å². The quantitative estimate of drug-likeness (QED) is 0.802. The van der Waals surface area contributed by atoms with Gasteiger partial charge in [-0.3, -0.25) is 4.79 Å². The SMILES string of the molecule is COCCN(CC(C)C)C(=O)C1(N)C2CCOC2C1(C)C. The van der Waals surface area contributed by atoms with Crippen LogP contribution in [0.5, 0.6) is 0 Å². The van der Waals surface area contributed by atoms with E-state index in [0.717, 1.165) is 13.0 Å². The summed E-state index contributed by atoms with van der Waals surface area (Å²) in [4.78, 5) is 15.0. The number of methoxy groups -OCH3 is 1. The monoisotopic (exact) mass is 298 g/mol. The molecule has 0 aromatic carbocycles. The first-order chi connectivity index (χ1) is 9.76. The number of carbonyl (C=O) groups is 1. The van der Waals surface area contributed by atoms with E-state index in [1.54, 1.807) is 7.11 Å². The number of ether oxygens (including phenoxy) is 2. The van der Waals surface area contributed by atoms with Gasteiger partial charge in [0.1, 0.15) is 5.54 Å². The van der Waals surface area contributed by atoms with Crippen molar-refractivity contribution < 1.29 is 14.3 Å². The highest BCUT2D eigenvalue weighted by Crippen LogP contribution is 2.58. The predicted molar refractivity (Wildman–Crippen MR) is 81.8 cm³/mol. The Morgan fingerprint density at radius 3 is 2.71 bits per heavy atom. The van der Waals surface area contributed by atoms with Crippen LogP contribution in [0.25, 0.3) is 0 Å². The zero-order valence-corrected chi connectivity index (χ0v) is 14.0. The third-order valence-corrected chi connectivity index (χ3v) is 5.25. The summed E-state index contributed by atoms with van der Waals surface area (Å²) in [5.41, 5.74) is 5.52. The number of carbonyl (C=O) groups excluding carboxylic acids is 1. The van der Waals surface area contributed by atoms with Crippen molar-refractivity contribution in [3.63, 3.8) is 0 Å². The first-order valence-corrected chi connectivity index (χ1v) is 7.95. The van der Waals surface area contributed by atoms with Crippen molar-refractivity contribution in [3.05, 3.63) is 0 Å². The molecule has 21 heavy (non-hydrogen) atoms. The molecule has 0 radical (unpaired) electrons. The Balaban J connectivity index is 2.18. The highest BCUT2D eigenvalue weighted by atomic mass is 16.5. The molecule has 2 fully saturated rings. The van der Waals surface area contributed by atoms with Crippen molar-refractivity contribution in [2.24, 2.45) is 23.0 Å². The van der Waals surface area contributed by atoms with Crippen molar-refractivity contribution in [1.82, 2.24) is 4.90 Å². The second-order valence-corrected chi connectivity index (χ2v) is 7.42. The maximum atomic E-state index is 13.1. The van der Waals surface area contributed by atoms with Crippen molar-refractivity contribution in [2.75, 3.05) is 33.4 Å². The molecular weight excluding hydrogens is 268 g/mol. The van der Waals surface area contributed by atoms with Crippen LogP contribution in [-0.2, 0) is 14.3 Å². The summed E-state index contributed by atoms with van der Waals surface area (Å²) in [6.45, 7) is 10.9. The number of rotatable bonds is 6. The van der Waals surface area contributed by atoms with Gasteiger partial charge in [-0.1, -0.05) is 27.7 Å². The Bertz CT molecular complexity index is 397. The second-order valence-electron chi connectivity index (χ2n) is 7.42. The smallest absolute Gasteiger partial charge is 0.243 e. The molecule has 1 aliphatic heterocycles. The third kappa shape index (κ3) is 2.49. The van der Waals surface area contributed by atoms with Crippen LogP contribution in [0.1, 0.15) is 34.1 Å². The summed E-state index contributed by atoms with van der Waals surface area (Å²) >= 11 is 0. The van der Waals surface area contributed by atoms with E-state index in [-0.39, 0.29) is 23.3 Å². The zero-order chi connectivity index (χ0) is 15.8. The third-order valence-electron chi connectivity index (χ3n) is 5.25. The van der Waals surface area contributed by atoms with Crippen molar-refractivity contribution >= 4 is 5.91 Å². The summed E-state index contributed by atoms with van der Waals surface area (Å²) in [6, 6.07) is 0. The maximum absolute atomic E-state index is 13.1. The van der Waals surface area contributed by atoms with Gasteiger partial charge in [0.2, 0.25) is 5.91 Å². The minimum Gasteiger partial charge on any atom is -0.383 e. The molecule has 0 aromatic heterocycles. The van der Waals surface area contributed by atoms with Gasteiger partial charge in [-0.15, -0.1) is 0 Å². The molecule has 0 bridgehead atoms. The Kier molecular flexibility index (Phi) is 4.66. The average Bonchev–Trinajstić information content (AvgIpc) is 2.89. The lowest BCUT2D eigenvalue weighted by atomic mass is 9.47. The minimum absolute atomic E-state index is 0.0602. The number of hydrogen-bond acceptors (Lipinski definition) is 4. The highest BCUT2D eigenvalue weighted by Gasteiger charge is 2.71. The van der Waals surface area contributed by atoms with Gasteiger partial charge in [0, 0.05) is 38.1 Å². The fourth-order valence-electron chi connectivity index (χ4n) is 4.00. The molecule has 5 heteroatoms. The molecule has 2 aliphatic rings. The molecule has 3 atom stereocenters. The number of fused-ring (bicyclic) bond motifs is 1. The van der Waals surface area contributed by atoms with Gasteiger partial charge < -0.3 is 20.1 Å². The molecule has 122 valence electrons. The Labute approximate surface area is 128 Å². The van der Waals surface area contributed by atoms with E-state index in [4.69, 9.17) is 15.2 Å². The van der Waals surface area contributed by atoms with Crippen LogP contribution in [0, 0.1) is 17.3 Å². The molecule has 1 aliphatic carbocycles. The Morgan fingerprint density at radius 2 is 2.14 bits per heavy atom. The highest BCUT2D eigenvalue weighted by molar-refractivity contribution is 5.89. The zero-order valence-electron chi connectivity index (χ0n) is 14.0. The van der Waals surface area contributed by atoms with Gasteiger partial charge >= 0.3 is 0 Å². The number of amides is 1.